The minimum Gasteiger partial charge on any atom is -0.871 e. The van der Waals surface area contributed by atoms with Crippen molar-refractivity contribution < 1.29 is 19.3 Å². The van der Waals surface area contributed by atoms with Gasteiger partial charge in [0.05, 0.1) is 5.39 Å². The molecule has 0 bridgehead atoms. The number of para-hydroxylation sites is 2. The molecular weight excluding hydrogens is 400 g/mol. The highest BCUT2D eigenvalue weighted by molar-refractivity contribution is 6.54. The minimum absolute atomic E-state index is 0.0916. The molecular formula is C27H20N2O3. The van der Waals surface area contributed by atoms with Crippen molar-refractivity contribution in [2.45, 2.75) is 0 Å². The Morgan fingerprint density at radius 2 is 1.69 bits per heavy atom. The van der Waals surface area contributed by atoms with E-state index < -0.39 is 17.3 Å². The largest absolute Gasteiger partial charge is 0.871 e. The molecule has 0 saturated heterocycles. The average molecular weight is 420 g/mol. The molecule has 0 unspecified atom stereocenters. The second-order valence-corrected chi connectivity index (χ2v) is 7.90. The molecule has 5 rings (SSSR count). The van der Waals surface area contributed by atoms with Crippen molar-refractivity contribution in [3.63, 3.8) is 0 Å². The van der Waals surface area contributed by atoms with E-state index >= 15 is 0 Å². The average Bonchev–Trinajstić information content (AvgIpc) is 3.01. The monoisotopic (exact) mass is 420 g/mol. The highest BCUT2D eigenvalue weighted by Crippen LogP contribution is 2.35. The lowest BCUT2D eigenvalue weighted by Gasteiger charge is -2.23. The predicted molar refractivity (Wildman–Crippen MR) is 122 cm³/mol. The molecule has 5 heteroatoms. The summed E-state index contributed by atoms with van der Waals surface area (Å²) >= 11 is 0. The number of rotatable bonds is 2. The van der Waals surface area contributed by atoms with Crippen LogP contribution in [-0.4, -0.2) is 18.6 Å². The zero-order valence-electron chi connectivity index (χ0n) is 17.7. The van der Waals surface area contributed by atoms with Crippen molar-refractivity contribution in [1.29, 1.82) is 0 Å². The number of fused-ring (bicyclic) bond motifs is 2. The summed E-state index contributed by atoms with van der Waals surface area (Å²) in [5.74, 6) is -2.05. The first-order valence-corrected chi connectivity index (χ1v) is 10.3. The summed E-state index contributed by atoms with van der Waals surface area (Å²) < 4.78 is 1.96. The van der Waals surface area contributed by atoms with Gasteiger partial charge in [0.1, 0.15) is 7.05 Å². The first-order valence-electron chi connectivity index (χ1n) is 10.3. The van der Waals surface area contributed by atoms with E-state index in [0.717, 1.165) is 33.3 Å². The van der Waals surface area contributed by atoms with E-state index in [4.69, 9.17) is 0 Å². The lowest BCUT2D eigenvalue weighted by molar-refractivity contribution is -0.644. The summed E-state index contributed by atoms with van der Waals surface area (Å²) in [5.41, 5.74) is 4.09. The Labute approximate surface area is 185 Å². The highest BCUT2D eigenvalue weighted by Gasteiger charge is 2.31. The number of carbonyl (C=O) groups excluding carboxylic acids is 2. The number of anilines is 1. The standard InChI is InChI=1S/C27H20N2O3/c1-28-13-11-17(19-7-3-5-9-23(19)28)15-21-25(30)22(27(32)26(21)31)16-18-12-14-29(2)24-10-6-4-8-20(18)24/h3-16H,1-2H3. The Balaban J connectivity index is 1.64. The van der Waals surface area contributed by atoms with Crippen molar-refractivity contribution >= 4 is 39.8 Å². The molecule has 2 aliphatic rings. The van der Waals surface area contributed by atoms with Gasteiger partial charge in [0.25, 0.3) is 0 Å². The number of hydrogen-bond donors (Lipinski definition) is 0. The van der Waals surface area contributed by atoms with Gasteiger partial charge in [-0.15, -0.1) is 0 Å². The van der Waals surface area contributed by atoms with Crippen LogP contribution in [0.1, 0.15) is 11.1 Å². The van der Waals surface area contributed by atoms with Crippen LogP contribution in [0.25, 0.3) is 22.6 Å². The topological polar surface area (TPSA) is 64.3 Å². The van der Waals surface area contributed by atoms with Gasteiger partial charge in [-0.25, -0.2) is 4.57 Å². The van der Waals surface area contributed by atoms with Gasteiger partial charge in [-0.2, -0.15) is 0 Å². The Morgan fingerprint density at radius 3 is 2.53 bits per heavy atom. The number of carbonyl (C=O) groups is 2. The molecule has 0 amide bonds. The van der Waals surface area contributed by atoms with Crippen LogP contribution in [0.15, 0.2) is 96.1 Å². The first kappa shape index (κ1) is 19.7. The Morgan fingerprint density at radius 1 is 0.938 bits per heavy atom. The van der Waals surface area contributed by atoms with Gasteiger partial charge in [-0.1, -0.05) is 36.1 Å². The van der Waals surface area contributed by atoms with Crippen LogP contribution >= 0.6 is 0 Å². The third-order valence-electron chi connectivity index (χ3n) is 5.93. The molecule has 0 atom stereocenters. The van der Waals surface area contributed by atoms with Gasteiger partial charge in [0, 0.05) is 47.8 Å². The second kappa shape index (κ2) is 7.46. The van der Waals surface area contributed by atoms with Crippen LogP contribution < -0.4 is 14.6 Å². The maximum atomic E-state index is 13.2. The third-order valence-corrected chi connectivity index (χ3v) is 5.93. The summed E-state index contributed by atoms with van der Waals surface area (Å²) in [6.45, 7) is 0. The molecule has 5 nitrogen and oxygen atoms in total. The van der Waals surface area contributed by atoms with Crippen LogP contribution in [0.5, 0.6) is 0 Å². The Hall–Kier alpha value is -4.25. The van der Waals surface area contributed by atoms with E-state index in [9.17, 15) is 14.7 Å². The van der Waals surface area contributed by atoms with Crippen LogP contribution in [0.2, 0.25) is 0 Å². The number of pyridine rings is 1. The molecule has 1 aliphatic carbocycles. The van der Waals surface area contributed by atoms with E-state index in [-0.39, 0.29) is 11.1 Å². The van der Waals surface area contributed by atoms with Crippen LogP contribution in [0, 0.1) is 0 Å². The SMILES string of the molecule is CN1C=CC(=CC2=C([O-])C(=Cc3cc[n+](C)c4ccccc34)C(=O)C2=O)c2ccccc21. The normalized spacial score (nSPS) is 18.4. The number of allylic oxidation sites excluding steroid dienone is 5. The summed E-state index contributed by atoms with van der Waals surface area (Å²) in [6, 6.07) is 17.3. The number of hydrogen-bond acceptors (Lipinski definition) is 4. The molecule has 0 fully saturated rings. The van der Waals surface area contributed by atoms with Crippen LogP contribution in [0.4, 0.5) is 5.69 Å². The lowest BCUT2D eigenvalue weighted by Crippen LogP contribution is -2.28. The van der Waals surface area contributed by atoms with Gasteiger partial charge in [-0.3, -0.25) is 9.59 Å². The molecule has 0 spiro atoms. The maximum Gasteiger partial charge on any atom is 0.232 e. The van der Waals surface area contributed by atoms with Gasteiger partial charge < -0.3 is 10.0 Å². The van der Waals surface area contributed by atoms with Gasteiger partial charge in [0.2, 0.25) is 17.1 Å². The first-order chi connectivity index (χ1) is 15.5. The fraction of sp³-hybridized carbons (Fsp3) is 0.0741. The van der Waals surface area contributed by atoms with Gasteiger partial charge in [-0.05, 0) is 41.5 Å². The molecule has 0 saturated carbocycles. The summed E-state index contributed by atoms with van der Waals surface area (Å²) in [6.07, 6.45) is 8.65. The fourth-order valence-electron chi connectivity index (χ4n) is 4.20. The molecule has 1 aliphatic heterocycles. The van der Waals surface area contributed by atoms with Crippen molar-refractivity contribution in [3.8, 4) is 0 Å². The maximum absolute atomic E-state index is 13.2. The quantitative estimate of drug-likeness (QED) is 0.363. The van der Waals surface area contributed by atoms with E-state index in [1.165, 1.54) is 12.2 Å². The van der Waals surface area contributed by atoms with E-state index in [2.05, 4.69) is 0 Å². The number of aryl methyl sites for hydroxylation is 1. The smallest absolute Gasteiger partial charge is 0.232 e. The molecule has 156 valence electrons. The highest BCUT2D eigenvalue weighted by atomic mass is 16.3. The summed E-state index contributed by atoms with van der Waals surface area (Å²) in [5, 5.41) is 14.1. The number of nitrogens with zero attached hydrogens (tertiary/aromatic N) is 2. The van der Waals surface area contributed by atoms with E-state index in [1.54, 1.807) is 0 Å². The number of ketones is 2. The molecule has 3 aromatic rings. The number of Topliss-reactive ketones (excluding diaryl/α,β-unsaturated/α-hetero) is 2. The summed E-state index contributed by atoms with van der Waals surface area (Å²) in [7, 11) is 3.86. The molecule has 1 aromatic heterocycles. The van der Waals surface area contributed by atoms with Gasteiger partial charge in [0.15, 0.2) is 6.20 Å². The zero-order chi connectivity index (χ0) is 22.4. The molecule has 0 N–H and O–H groups in total. The van der Waals surface area contributed by atoms with Crippen molar-refractivity contribution in [2.75, 3.05) is 11.9 Å². The lowest BCUT2D eigenvalue weighted by atomic mass is 9.97. The predicted octanol–water partition coefficient (Wildman–Crippen LogP) is 2.86. The molecule has 32 heavy (non-hydrogen) atoms. The molecule has 2 aromatic carbocycles. The number of benzene rings is 2. The zero-order valence-corrected chi connectivity index (χ0v) is 17.7. The fourth-order valence-corrected chi connectivity index (χ4v) is 4.20. The summed E-state index contributed by atoms with van der Waals surface area (Å²) in [4.78, 5) is 27.5. The van der Waals surface area contributed by atoms with Crippen molar-refractivity contribution in [2.24, 2.45) is 7.05 Å². The van der Waals surface area contributed by atoms with E-state index in [0.29, 0.717) is 0 Å². The van der Waals surface area contributed by atoms with Crippen LogP contribution in [-0.2, 0) is 16.6 Å². The molecule has 2 heterocycles. The minimum atomic E-state index is -0.760. The van der Waals surface area contributed by atoms with Crippen molar-refractivity contribution in [3.05, 3.63) is 107 Å². The Bertz CT molecular complexity index is 1440. The van der Waals surface area contributed by atoms with Crippen LogP contribution in [0.3, 0.4) is 0 Å². The number of aromatic nitrogens is 1. The van der Waals surface area contributed by atoms with E-state index in [1.807, 2.05) is 96.6 Å². The van der Waals surface area contributed by atoms with Crippen molar-refractivity contribution in [1.82, 2.24) is 0 Å². The van der Waals surface area contributed by atoms with Gasteiger partial charge >= 0.3 is 0 Å². The Kier molecular flexibility index (Phi) is 4.59. The second-order valence-electron chi connectivity index (χ2n) is 7.90. The molecule has 0 radical (unpaired) electrons. The third kappa shape index (κ3) is 3.06.